The van der Waals surface area contributed by atoms with E-state index in [0.29, 0.717) is 5.41 Å². The van der Waals surface area contributed by atoms with Gasteiger partial charge in [-0.2, -0.15) is 0 Å². The van der Waals surface area contributed by atoms with Crippen LogP contribution in [0.3, 0.4) is 0 Å². The van der Waals surface area contributed by atoms with E-state index in [2.05, 4.69) is 12.2 Å². The second-order valence-corrected chi connectivity index (χ2v) is 6.24. The third kappa shape index (κ3) is 3.23. The summed E-state index contributed by atoms with van der Waals surface area (Å²) in [5.41, 5.74) is 0.699. The molecule has 0 spiro atoms. The molecular weight excluding hydrogens is 194 g/mol. The van der Waals surface area contributed by atoms with Crippen molar-refractivity contribution in [2.24, 2.45) is 11.3 Å². The van der Waals surface area contributed by atoms with E-state index < -0.39 is 0 Å². The van der Waals surface area contributed by atoms with Gasteiger partial charge in [-0.05, 0) is 43.6 Å². The SMILES string of the molecule is CCCNCC1(CC2CCCC2)CCCC1. The molecule has 1 N–H and O–H groups in total. The number of nitrogens with one attached hydrogen (secondary N) is 1. The molecule has 2 fully saturated rings. The molecule has 0 radical (unpaired) electrons. The predicted molar refractivity (Wildman–Crippen MR) is 70.6 cm³/mol. The smallest absolute Gasteiger partial charge is 0.000791 e. The van der Waals surface area contributed by atoms with Crippen molar-refractivity contribution < 1.29 is 0 Å². The van der Waals surface area contributed by atoms with Crippen LogP contribution >= 0.6 is 0 Å². The maximum Gasteiger partial charge on any atom is 0.000791 e. The zero-order chi connectivity index (χ0) is 11.3. The van der Waals surface area contributed by atoms with Crippen molar-refractivity contribution in [3.63, 3.8) is 0 Å². The maximum atomic E-state index is 3.69. The fourth-order valence-electron chi connectivity index (χ4n) is 3.94. The van der Waals surface area contributed by atoms with E-state index in [0.717, 1.165) is 5.92 Å². The highest BCUT2D eigenvalue weighted by Crippen LogP contribution is 2.45. The minimum Gasteiger partial charge on any atom is -0.316 e. The molecule has 0 bridgehead atoms. The third-order valence-corrected chi connectivity index (χ3v) is 4.79. The lowest BCUT2D eigenvalue weighted by atomic mass is 9.77. The summed E-state index contributed by atoms with van der Waals surface area (Å²) in [7, 11) is 0. The van der Waals surface area contributed by atoms with Gasteiger partial charge in [-0.1, -0.05) is 45.4 Å². The van der Waals surface area contributed by atoms with E-state index in [-0.39, 0.29) is 0 Å². The van der Waals surface area contributed by atoms with E-state index in [1.54, 1.807) is 0 Å². The van der Waals surface area contributed by atoms with Crippen LogP contribution in [0, 0.1) is 11.3 Å². The fraction of sp³-hybridized carbons (Fsp3) is 1.00. The lowest BCUT2D eigenvalue weighted by Gasteiger charge is -2.32. The Morgan fingerprint density at radius 1 is 1.06 bits per heavy atom. The highest BCUT2D eigenvalue weighted by atomic mass is 14.9. The van der Waals surface area contributed by atoms with Gasteiger partial charge in [-0.3, -0.25) is 0 Å². The maximum absolute atomic E-state index is 3.69. The average Bonchev–Trinajstić information content (AvgIpc) is 2.91. The fourth-order valence-corrected chi connectivity index (χ4v) is 3.94. The van der Waals surface area contributed by atoms with Crippen molar-refractivity contribution in [2.45, 2.75) is 71.1 Å². The van der Waals surface area contributed by atoms with Gasteiger partial charge < -0.3 is 5.32 Å². The summed E-state index contributed by atoms with van der Waals surface area (Å²) >= 11 is 0. The van der Waals surface area contributed by atoms with E-state index in [4.69, 9.17) is 0 Å². The van der Waals surface area contributed by atoms with E-state index in [1.807, 2.05) is 0 Å². The molecule has 2 rings (SSSR count). The predicted octanol–water partition coefficient (Wildman–Crippen LogP) is 4.13. The monoisotopic (exact) mass is 223 g/mol. The van der Waals surface area contributed by atoms with Gasteiger partial charge in [-0.25, -0.2) is 0 Å². The van der Waals surface area contributed by atoms with Gasteiger partial charge in [0.1, 0.15) is 0 Å². The molecule has 94 valence electrons. The molecule has 1 heteroatoms. The number of hydrogen-bond donors (Lipinski definition) is 1. The van der Waals surface area contributed by atoms with Crippen molar-refractivity contribution in [3.05, 3.63) is 0 Å². The third-order valence-electron chi connectivity index (χ3n) is 4.79. The van der Waals surface area contributed by atoms with Crippen molar-refractivity contribution >= 4 is 0 Å². The first-order valence-corrected chi connectivity index (χ1v) is 7.55. The molecule has 16 heavy (non-hydrogen) atoms. The van der Waals surface area contributed by atoms with Gasteiger partial charge in [0.05, 0.1) is 0 Å². The van der Waals surface area contributed by atoms with Crippen LogP contribution in [0.5, 0.6) is 0 Å². The Hall–Kier alpha value is -0.0400. The molecule has 0 atom stereocenters. The van der Waals surface area contributed by atoms with Crippen LogP contribution in [0.15, 0.2) is 0 Å². The molecule has 2 aliphatic carbocycles. The summed E-state index contributed by atoms with van der Waals surface area (Å²) in [5.74, 6) is 1.07. The minimum absolute atomic E-state index is 0.699. The lowest BCUT2D eigenvalue weighted by Crippen LogP contribution is -2.34. The topological polar surface area (TPSA) is 12.0 Å². The second kappa shape index (κ2) is 6.05. The number of rotatable bonds is 6. The van der Waals surface area contributed by atoms with Crippen LogP contribution < -0.4 is 5.32 Å². The molecule has 0 unspecified atom stereocenters. The molecule has 2 aliphatic rings. The summed E-state index contributed by atoms with van der Waals surface area (Å²) in [5, 5.41) is 3.69. The molecule has 0 aromatic carbocycles. The standard InChI is InChI=1S/C15H29N/c1-2-11-16-13-15(9-5-6-10-15)12-14-7-3-4-8-14/h14,16H,2-13H2,1H3. The van der Waals surface area contributed by atoms with Gasteiger partial charge in [0.25, 0.3) is 0 Å². The van der Waals surface area contributed by atoms with Gasteiger partial charge >= 0.3 is 0 Å². The summed E-state index contributed by atoms with van der Waals surface area (Å²) in [6.45, 7) is 4.79. The molecule has 0 saturated heterocycles. The van der Waals surface area contributed by atoms with Gasteiger partial charge in [0, 0.05) is 6.54 Å². The Labute approximate surface area is 101 Å². The van der Waals surface area contributed by atoms with Gasteiger partial charge in [-0.15, -0.1) is 0 Å². The first kappa shape index (κ1) is 12.4. The van der Waals surface area contributed by atoms with Crippen LogP contribution in [0.25, 0.3) is 0 Å². The molecule has 0 heterocycles. The summed E-state index contributed by atoms with van der Waals surface area (Å²) in [6.07, 6.45) is 14.8. The van der Waals surface area contributed by atoms with Crippen molar-refractivity contribution in [1.29, 1.82) is 0 Å². The normalized spacial score (nSPS) is 25.3. The van der Waals surface area contributed by atoms with Crippen LogP contribution in [0.4, 0.5) is 0 Å². The number of hydrogen-bond acceptors (Lipinski definition) is 1. The van der Waals surface area contributed by atoms with Crippen molar-refractivity contribution in [3.8, 4) is 0 Å². The van der Waals surface area contributed by atoms with Crippen LogP contribution in [0.2, 0.25) is 0 Å². The molecule has 0 amide bonds. The lowest BCUT2D eigenvalue weighted by molar-refractivity contribution is 0.212. The Bertz CT molecular complexity index is 188. The van der Waals surface area contributed by atoms with Gasteiger partial charge in [0.2, 0.25) is 0 Å². The van der Waals surface area contributed by atoms with E-state index >= 15 is 0 Å². The Balaban J connectivity index is 1.82. The highest BCUT2D eigenvalue weighted by Gasteiger charge is 2.36. The largest absolute Gasteiger partial charge is 0.316 e. The second-order valence-electron chi connectivity index (χ2n) is 6.24. The van der Waals surface area contributed by atoms with Crippen LogP contribution in [-0.2, 0) is 0 Å². The Morgan fingerprint density at radius 3 is 2.38 bits per heavy atom. The minimum atomic E-state index is 0.699. The summed E-state index contributed by atoms with van der Waals surface area (Å²) < 4.78 is 0. The molecule has 0 aromatic rings. The first-order chi connectivity index (χ1) is 7.85. The first-order valence-electron chi connectivity index (χ1n) is 7.55. The van der Waals surface area contributed by atoms with E-state index in [1.165, 1.54) is 77.3 Å². The van der Waals surface area contributed by atoms with Gasteiger partial charge in [0.15, 0.2) is 0 Å². The Kier molecular flexibility index (Phi) is 4.69. The summed E-state index contributed by atoms with van der Waals surface area (Å²) in [6, 6.07) is 0. The molecule has 0 aromatic heterocycles. The molecular formula is C15H29N. The molecule has 1 nitrogen and oxygen atoms in total. The van der Waals surface area contributed by atoms with Crippen molar-refractivity contribution in [1.82, 2.24) is 5.32 Å². The average molecular weight is 223 g/mol. The summed E-state index contributed by atoms with van der Waals surface area (Å²) in [4.78, 5) is 0. The molecule has 2 saturated carbocycles. The zero-order valence-corrected chi connectivity index (χ0v) is 11.1. The highest BCUT2D eigenvalue weighted by molar-refractivity contribution is 4.89. The van der Waals surface area contributed by atoms with E-state index in [9.17, 15) is 0 Å². The van der Waals surface area contributed by atoms with Crippen LogP contribution in [-0.4, -0.2) is 13.1 Å². The molecule has 0 aliphatic heterocycles. The van der Waals surface area contributed by atoms with Crippen LogP contribution in [0.1, 0.15) is 71.1 Å². The quantitative estimate of drug-likeness (QED) is 0.668. The zero-order valence-electron chi connectivity index (χ0n) is 11.1. The van der Waals surface area contributed by atoms with Crippen molar-refractivity contribution in [2.75, 3.05) is 13.1 Å². The Morgan fingerprint density at radius 2 is 1.75 bits per heavy atom.